The number of carbonyl (C=O) groups excluding carboxylic acids is 1. The Morgan fingerprint density at radius 2 is 2.08 bits per heavy atom. The van der Waals surface area contributed by atoms with Crippen LogP contribution in [0.25, 0.3) is 0 Å². The first-order valence-electron chi connectivity index (χ1n) is 7.99. The van der Waals surface area contributed by atoms with E-state index in [9.17, 15) is 22.4 Å². The van der Waals surface area contributed by atoms with E-state index < -0.39 is 23.6 Å². The molecule has 2 aromatic rings. The van der Waals surface area contributed by atoms with Crippen molar-refractivity contribution in [1.82, 2.24) is 25.6 Å². The van der Waals surface area contributed by atoms with Crippen molar-refractivity contribution in [3.05, 3.63) is 47.0 Å². The lowest BCUT2D eigenvalue weighted by Crippen LogP contribution is -2.51. The number of carbonyl (C=O) groups is 1. The third-order valence-electron chi connectivity index (χ3n) is 4.28. The zero-order valence-corrected chi connectivity index (χ0v) is 14.0. The average Bonchev–Trinajstić information content (AvgIpc) is 3.02. The topological polar surface area (TPSA) is 71.8 Å². The normalized spacial score (nSPS) is 22.2. The largest absolute Gasteiger partial charge is 0.416 e. The molecular formula is C16H17F4N5O. The molecule has 1 fully saturated rings. The maximum Gasteiger partial charge on any atom is 0.416 e. The maximum atomic E-state index is 14.2. The van der Waals surface area contributed by atoms with Gasteiger partial charge in [-0.05, 0) is 26.0 Å². The number of nitrogens with zero attached hydrogens (tertiary/aromatic N) is 3. The van der Waals surface area contributed by atoms with Crippen molar-refractivity contribution in [2.75, 3.05) is 0 Å². The number of amides is 1. The van der Waals surface area contributed by atoms with E-state index in [0.29, 0.717) is 11.8 Å². The summed E-state index contributed by atoms with van der Waals surface area (Å²) in [7, 11) is 0. The highest BCUT2D eigenvalue weighted by Gasteiger charge is 2.32. The number of halogens is 4. The molecule has 140 valence electrons. The predicted molar refractivity (Wildman–Crippen MR) is 83.3 cm³/mol. The quantitative estimate of drug-likeness (QED) is 0.814. The Morgan fingerprint density at radius 1 is 1.35 bits per heavy atom. The first kappa shape index (κ1) is 18.3. The van der Waals surface area contributed by atoms with Crippen LogP contribution in [0, 0.1) is 5.82 Å². The Kier molecular flexibility index (Phi) is 4.70. The summed E-state index contributed by atoms with van der Waals surface area (Å²) in [5.74, 6) is -1.09. The summed E-state index contributed by atoms with van der Waals surface area (Å²) in [5, 5.41) is 13.8. The number of rotatable bonds is 3. The summed E-state index contributed by atoms with van der Waals surface area (Å²) in [5.41, 5.74) is -0.473. The van der Waals surface area contributed by atoms with Crippen LogP contribution in [-0.2, 0) is 11.0 Å². The van der Waals surface area contributed by atoms with Crippen LogP contribution in [0.15, 0.2) is 24.4 Å². The van der Waals surface area contributed by atoms with Crippen LogP contribution < -0.4 is 10.6 Å². The van der Waals surface area contributed by atoms with Gasteiger partial charge in [0, 0.05) is 12.0 Å². The number of hydrogen-bond acceptors (Lipinski definition) is 4. The third kappa shape index (κ3) is 3.69. The fraction of sp³-hybridized carbons (Fsp3) is 0.438. The minimum Gasteiger partial charge on any atom is -0.341 e. The van der Waals surface area contributed by atoms with Crippen LogP contribution in [-0.4, -0.2) is 27.1 Å². The van der Waals surface area contributed by atoms with Crippen molar-refractivity contribution < 1.29 is 22.4 Å². The van der Waals surface area contributed by atoms with Gasteiger partial charge in [0.25, 0.3) is 0 Å². The van der Waals surface area contributed by atoms with Crippen LogP contribution in [0.1, 0.15) is 49.2 Å². The van der Waals surface area contributed by atoms with E-state index in [1.165, 1.54) is 4.68 Å². The molecule has 3 unspecified atom stereocenters. The minimum absolute atomic E-state index is 0.0668. The van der Waals surface area contributed by atoms with Crippen molar-refractivity contribution in [2.24, 2.45) is 0 Å². The molecule has 1 aromatic heterocycles. The highest BCUT2D eigenvalue weighted by atomic mass is 19.4. The first-order chi connectivity index (χ1) is 12.1. The van der Waals surface area contributed by atoms with E-state index in [0.717, 1.165) is 12.1 Å². The number of benzene rings is 1. The van der Waals surface area contributed by atoms with Crippen LogP contribution in [0.4, 0.5) is 17.6 Å². The highest BCUT2D eigenvalue weighted by molar-refractivity contribution is 5.77. The molecular weight excluding hydrogens is 354 g/mol. The Morgan fingerprint density at radius 3 is 2.69 bits per heavy atom. The molecule has 0 saturated carbocycles. The second-order valence-electron chi connectivity index (χ2n) is 6.25. The van der Waals surface area contributed by atoms with Gasteiger partial charge in [0.15, 0.2) is 0 Å². The predicted octanol–water partition coefficient (Wildman–Crippen LogP) is 2.54. The summed E-state index contributed by atoms with van der Waals surface area (Å²) in [6.07, 6.45) is -3.08. The van der Waals surface area contributed by atoms with E-state index in [4.69, 9.17) is 0 Å². The molecule has 1 aliphatic heterocycles. The second-order valence-corrected chi connectivity index (χ2v) is 6.25. The molecule has 0 spiro atoms. The summed E-state index contributed by atoms with van der Waals surface area (Å²) in [4.78, 5) is 11.6. The van der Waals surface area contributed by atoms with Gasteiger partial charge in [0.05, 0.1) is 30.0 Å². The average molecular weight is 371 g/mol. The van der Waals surface area contributed by atoms with Gasteiger partial charge in [-0.25, -0.2) is 9.07 Å². The number of aromatic nitrogens is 3. The lowest BCUT2D eigenvalue weighted by Gasteiger charge is -2.27. The van der Waals surface area contributed by atoms with Gasteiger partial charge < -0.3 is 5.32 Å². The fourth-order valence-electron chi connectivity index (χ4n) is 2.90. The van der Waals surface area contributed by atoms with E-state index in [1.807, 2.05) is 0 Å². The van der Waals surface area contributed by atoms with E-state index in [2.05, 4.69) is 20.9 Å². The molecule has 0 radical (unpaired) electrons. The van der Waals surface area contributed by atoms with Gasteiger partial charge in [0.2, 0.25) is 5.91 Å². The number of hydrogen-bond donors (Lipinski definition) is 2. The van der Waals surface area contributed by atoms with E-state index >= 15 is 0 Å². The van der Waals surface area contributed by atoms with E-state index in [-0.39, 0.29) is 30.1 Å². The lowest BCUT2D eigenvalue weighted by molar-refractivity contribution is -0.137. The molecule has 3 atom stereocenters. The minimum atomic E-state index is -4.60. The van der Waals surface area contributed by atoms with Crippen LogP contribution in [0.2, 0.25) is 0 Å². The summed E-state index contributed by atoms with van der Waals surface area (Å²) >= 11 is 0. The zero-order chi connectivity index (χ0) is 19.1. The summed E-state index contributed by atoms with van der Waals surface area (Å²) in [6.45, 7) is 3.39. The van der Waals surface area contributed by atoms with Crippen molar-refractivity contribution in [3.63, 3.8) is 0 Å². The van der Waals surface area contributed by atoms with Gasteiger partial charge in [0.1, 0.15) is 11.5 Å². The smallest absolute Gasteiger partial charge is 0.341 e. The van der Waals surface area contributed by atoms with Crippen LogP contribution in [0.5, 0.6) is 0 Å². The molecule has 6 nitrogen and oxygen atoms in total. The Labute approximate surface area is 146 Å². The molecule has 1 saturated heterocycles. The second kappa shape index (κ2) is 6.67. The Bertz CT molecular complexity index is 819. The number of alkyl halides is 3. The van der Waals surface area contributed by atoms with Crippen molar-refractivity contribution in [3.8, 4) is 0 Å². The van der Waals surface area contributed by atoms with Gasteiger partial charge in [-0.1, -0.05) is 11.3 Å². The maximum absolute atomic E-state index is 14.2. The summed E-state index contributed by atoms with van der Waals surface area (Å²) < 4.78 is 53.5. The first-order valence-corrected chi connectivity index (χ1v) is 7.99. The molecule has 0 bridgehead atoms. The zero-order valence-electron chi connectivity index (χ0n) is 14.0. The van der Waals surface area contributed by atoms with E-state index in [1.54, 1.807) is 20.0 Å². The molecule has 0 aliphatic carbocycles. The molecule has 2 heterocycles. The molecule has 10 heteroatoms. The lowest BCUT2D eigenvalue weighted by atomic mass is 10.0. The van der Waals surface area contributed by atoms with Gasteiger partial charge in [-0.15, -0.1) is 5.10 Å². The summed E-state index contributed by atoms with van der Waals surface area (Å²) in [6, 6.07) is 1.41. The van der Waals surface area contributed by atoms with Crippen molar-refractivity contribution >= 4 is 5.91 Å². The fourth-order valence-corrected chi connectivity index (χ4v) is 2.90. The molecule has 2 N–H and O–H groups in total. The van der Waals surface area contributed by atoms with Gasteiger partial charge in [-0.3, -0.25) is 10.1 Å². The van der Waals surface area contributed by atoms with Gasteiger partial charge in [-0.2, -0.15) is 13.2 Å². The third-order valence-corrected chi connectivity index (χ3v) is 4.28. The molecule has 3 rings (SSSR count). The molecule has 26 heavy (non-hydrogen) atoms. The highest BCUT2D eigenvalue weighted by Crippen LogP contribution is 2.32. The standard InChI is InChI=1S/C16H17F4N5O/c1-8(11-4-3-10(5-12(11)17)16(18,19)20)25-7-14(23-24-25)13-6-15(26)22-9(2)21-13/h3-5,7-9,13,21H,6H2,1-2H3,(H,22,26). The SMILES string of the molecule is CC1NC(=O)CC(c2cn(C(C)c3ccc(C(F)(F)F)cc3F)nn2)N1. The van der Waals surface area contributed by atoms with Gasteiger partial charge >= 0.3 is 6.18 Å². The monoisotopic (exact) mass is 371 g/mol. The molecule has 1 amide bonds. The van der Waals surface area contributed by atoms with Crippen molar-refractivity contribution in [2.45, 2.75) is 44.7 Å². The van der Waals surface area contributed by atoms with Crippen LogP contribution >= 0.6 is 0 Å². The Hall–Kier alpha value is -2.49. The molecule has 1 aromatic carbocycles. The van der Waals surface area contributed by atoms with Crippen LogP contribution in [0.3, 0.4) is 0 Å². The van der Waals surface area contributed by atoms with Crippen molar-refractivity contribution in [1.29, 1.82) is 0 Å². The number of nitrogens with one attached hydrogen (secondary N) is 2. The molecule has 1 aliphatic rings. The Balaban J connectivity index is 1.82.